The first-order valence-electron chi connectivity index (χ1n) is 13.6. The molecule has 1 aliphatic rings. The van der Waals surface area contributed by atoms with E-state index in [-0.39, 0.29) is 18.7 Å². The number of hydrogen-bond donors (Lipinski definition) is 5. The molecule has 0 fully saturated rings. The van der Waals surface area contributed by atoms with Gasteiger partial charge in [0.05, 0.1) is 4.92 Å². The smallest absolute Gasteiger partial charge is 0.326 e. The second-order valence-electron chi connectivity index (χ2n) is 10.5. The number of carboxylic acids is 2. The van der Waals surface area contributed by atoms with Gasteiger partial charge in [0.1, 0.15) is 12.1 Å². The van der Waals surface area contributed by atoms with Crippen LogP contribution in [0.1, 0.15) is 40.3 Å². The third-order valence-electron chi connectivity index (χ3n) is 7.10. The summed E-state index contributed by atoms with van der Waals surface area (Å²) in [6.07, 6.45) is 1.27. The Morgan fingerprint density at radius 3 is 2.26 bits per heavy atom. The van der Waals surface area contributed by atoms with Crippen LogP contribution in [0, 0.1) is 17.0 Å². The second-order valence-corrected chi connectivity index (χ2v) is 10.5. The van der Waals surface area contributed by atoms with Gasteiger partial charge in [0, 0.05) is 30.8 Å². The molecule has 4 rings (SSSR count). The van der Waals surface area contributed by atoms with Crippen molar-refractivity contribution in [2.24, 2.45) is 0 Å². The fourth-order valence-electron chi connectivity index (χ4n) is 4.95. The van der Waals surface area contributed by atoms with Gasteiger partial charge in [0.2, 0.25) is 5.91 Å². The van der Waals surface area contributed by atoms with Crippen molar-refractivity contribution < 1.29 is 29.5 Å². The number of amides is 1. The van der Waals surface area contributed by atoms with E-state index in [0.29, 0.717) is 35.5 Å². The molecule has 1 aliphatic heterocycles. The molecule has 0 saturated heterocycles. The number of anilines is 2. The lowest BCUT2D eigenvalue weighted by atomic mass is 10.0. The minimum atomic E-state index is -1.17. The van der Waals surface area contributed by atoms with Crippen molar-refractivity contribution in [2.45, 2.75) is 44.8 Å². The van der Waals surface area contributed by atoms with Crippen molar-refractivity contribution in [1.29, 1.82) is 0 Å². The highest BCUT2D eigenvalue weighted by atomic mass is 16.6. The molecule has 1 heterocycles. The topological polar surface area (TPSA) is 174 Å². The van der Waals surface area contributed by atoms with Crippen LogP contribution in [0.4, 0.5) is 11.4 Å². The Kier molecular flexibility index (Phi) is 9.73. The summed E-state index contributed by atoms with van der Waals surface area (Å²) in [6.45, 7) is 2.36. The third kappa shape index (κ3) is 8.39. The maximum Gasteiger partial charge on any atom is 0.326 e. The van der Waals surface area contributed by atoms with Crippen LogP contribution in [0.3, 0.4) is 0 Å². The zero-order valence-electron chi connectivity index (χ0n) is 23.7. The average Bonchev–Trinajstić information content (AvgIpc) is 3.28. The van der Waals surface area contributed by atoms with Gasteiger partial charge in [-0.1, -0.05) is 48.0 Å². The molecule has 2 unspecified atom stereocenters. The summed E-state index contributed by atoms with van der Waals surface area (Å²) in [6, 6.07) is 17.8. The quantitative estimate of drug-likeness (QED) is 0.146. The molecule has 0 spiro atoms. The summed E-state index contributed by atoms with van der Waals surface area (Å²) < 4.78 is 0. The van der Waals surface area contributed by atoms with Gasteiger partial charge < -0.3 is 26.2 Å². The molecule has 12 nitrogen and oxygen atoms in total. The van der Waals surface area contributed by atoms with Crippen LogP contribution in [0.25, 0.3) is 0 Å². The summed E-state index contributed by atoms with van der Waals surface area (Å²) >= 11 is 0. The molecule has 5 N–H and O–H groups in total. The van der Waals surface area contributed by atoms with Crippen LogP contribution in [-0.2, 0) is 33.8 Å². The number of carbonyl (C=O) groups is 3. The molecule has 0 bridgehead atoms. The van der Waals surface area contributed by atoms with Gasteiger partial charge in [-0.15, -0.1) is 0 Å². The molecule has 43 heavy (non-hydrogen) atoms. The highest BCUT2D eigenvalue weighted by Crippen LogP contribution is 2.34. The Morgan fingerprint density at radius 2 is 1.63 bits per heavy atom. The van der Waals surface area contributed by atoms with Crippen LogP contribution < -0.4 is 16.0 Å². The molecule has 0 saturated carbocycles. The average molecular weight is 588 g/mol. The van der Waals surface area contributed by atoms with Crippen molar-refractivity contribution >= 4 is 29.2 Å². The van der Waals surface area contributed by atoms with Crippen molar-refractivity contribution in [1.82, 2.24) is 10.2 Å². The number of nitrogens with zero attached hydrogens (tertiary/aromatic N) is 2. The van der Waals surface area contributed by atoms with Crippen molar-refractivity contribution in [2.75, 3.05) is 17.7 Å². The normalized spacial score (nSPS) is 15.3. The Hall–Kier alpha value is -5.23. The highest BCUT2D eigenvalue weighted by Gasteiger charge is 2.35. The number of aryl methyl sites for hydroxylation is 2. The van der Waals surface area contributed by atoms with Crippen molar-refractivity contribution in [3.63, 3.8) is 0 Å². The number of hydrogen-bond acceptors (Lipinski definition) is 8. The fraction of sp³-hybridized carbons (Fsp3) is 0.258. The minimum absolute atomic E-state index is 0.00214. The summed E-state index contributed by atoms with van der Waals surface area (Å²) in [5, 5.41) is 38.6. The summed E-state index contributed by atoms with van der Waals surface area (Å²) in [5.41, 5.74) is 5.36. The second kappa shape index (κ2) is 13.6. The molecule has 2 atom stereocenters. The zero-order chi connectivity index (χ0) is 31.1. The lowest BCUT2D eigenvalue weighted by molar-refractivity contribution is -0.403. The number of carbonyl (C=O) groups excluding carboxylic acids is 1. The number of likely N-dealkylation sites (N-methyl/N-ethyl adjacent to an activating group) is 1. The predicted molar refractivity (Wildman–Crippen MR) is 160 cm³/mol. The largest absolute Gasteiger partial charge is 0.481 e. The van der Waals surface area contributed by atoms with Crippen LogP contribution in [0.5, 0.6) is 0 Å². The molecular weight excluding hydrogens is 554 g/mol. The molecular formula is C31H33N5O7. The number of nitro groups is 1. The van der Waals surface area contributed by atoms with E-state index in [1.165, 1.54) is 0 Å². The Morgan fingerprint density at radius 1 is 1.00 bits per heavy atom. The van der Waals surface area contributed by atoms with E-state index >= 15 is 0 Å². The maximum absolute atomic E-state index is 13.4. The lowest BCUT2D eigenvalue weighted by Gasteiger charge is -2.23. The Balaban J connectivity index is 1.44. The Labute approximate surface area is 248 Å². The first-order valence-corrected chi connectivity index (χ1v) is 13.6. The molecule has 0 aromatic heterocycles. The van der Waals surface area contributed by atoms with E-state index in [1.807, 2.05) is 37.3 Å². The Bertz CT molecular complexity index is 1540. The van der Waals surface area contributed by atoms with Crippen LogP contribution in [0.15, 0.2) is 78.8 Å². The van der Waals surface area contributed by atoms with Gasteiger partial charge in [-0.05, 0) is 66.9 Å². The zero-order valence-corrected chi connectivity index (χ0v) is 23.7. The fourth-order valence-corrected chi connectivity index (χ4v) is 4.95. The third-order valence-corrected chi connectivity index (χ3v) is 7.10. The molecule has 3 aromatic rings. The van der Waals surface area contributed by atoms with Gasteiger partial charge in [-0.2, -0.15) is 0 Å². The van der Waals surface area contributed by atoms with Gasteiger partial charge in [-0.3, -0.25) is 24.6 Å². The van der Waals surface area contributed by atoms with E-state index in [4.69, 9.17) is 5.11 Å². The molecule has 0 radical (unpaired) electrons. The molecule has 1 amide bonds. The lowest BCUT2D eigenvalue weighted by Crippen LogP contribution is -2.46. The van der Waals surface area contributed by atoms with Crippen molar-refractivity contribution in [3.8, 4) is 0 Å². The summed E-state index contributed by atoms with van der Waals surface area (Å²) in [5.74, 6) is -2.36. The number of benzene rings is 3. The highest BCUT2D eigenvalue weighted by molar-refractivity contribution is 5.89. The van der Waals surface area contributed by atoms with E-state index < -0.39 is 34.9 Å². The van der Waals surface area contributed by atoms with Gasteiger partial charge in [0.25, 0.3) is 6.20 Å². The number of aliphatic carboxylic acids is 2. The van der Waals surface area contributed by atoms with Gasteiger partial charge in [-0.25, -0.2) is 4.79 Å². The van der Waals surface area contributed by atoms with E-state index in [1.54, 1.807) is 48.3 Å². The predicted octanol–water partition coefficient (Wildman–Crippen LogP) is 3.91. The SMILES string of the molecule is Cc1ccc(NC(=C[N+](=O)[O-])Nc2ccc3c(c2)CN(C)C3C(=O)NC(Cc2ccc(CCC(=O)O)cc2)C(=O)O)cc1. The van der Waals surface area contributed by atoms with Crippen molar-refractivity contribution in [3.05, 3.63) is 117 Å². The van der Waals surface area contributed by atoms with Crippen LogP contribution in [0.2, 0.25) is 0 Å². The van der Waals surface area contributed by atoms with Crippen LogP contribution in [-0.4, -0.2) is 51.0 Å². The van der Waals surface area contributed by atoms with E-state index in [0.717, 1.165) is 22.9 Å². The first-order chi connectivity index (χ1) is 20.5. The number of rotatable bonds is 13. The van der Waals surface area contributed by atoms with Gasteiger partial charge >= 0.3 is 11.9 Å². The summed E-state index contributed by atoms with van der Waals surface area (Å²) in [7, 11) is 1.76. The molecule has 0 aliphatic carbocycles. The molecule has 12 heteroatoms. The number of carboxylic acid groups (broad SMARTS) is 2. The molecule has 224 valence electrons. The van der Waals surface area contributed by atoms with E-state index in [2.05, 4.69) is 16.0 Å². The first kappa shape index (κ1) is 30.7. The number of fused-ring (bicyclic) bond motifs is 1. The monoisotopic (exact) mass is 587 g/mol. The van der Waals surface area contributed by atoms with Gasteiger partial charge in [0.15, 0.2) is 5.82 Å². The molecule has 3 aromatic carbocycles. The van der Waals surface area contributed by atoms with Crippen LogP contribution >= 0.6 is 0 Å². The number of nitrogens with one attached hydrogen (secondary N) is 3. The maximum atomic E-state index is 13.4. The van der Waals surface area contributed by atoms with E-state index in [9.17, 15) is 29.6 Å². The minimum Gasteiger partial charge on any atom is -0.481 e. The standard InChI is InChI=1S/C31H33N5O7/c1-19-3-10-23(11-4-19)32-27(18-36(42)43)33-24-12-13-25-22(16-24)17-35(2)29(25)30(39)34-26(31(40)41)15-21-7-5-20(6-8-21)9-14-28(37)38/h3-8,10-13,16,18,26,29,32-33H,9,14-15,17H2,1-2H3,(H,34,39)(H,37,38)(H,40,41). The summed E-state index contributed by atoms with van der Waals surface area (Å²) in [4.78, 5) is 48.7.